The Bertz CT molecular complexity index is 477. The molecule has 0 bridgehead atoms. The molecule has 1 aromatic heterocycles. The summed E-state index contributed by atoms with van der Waals surface area (Å²) in [5.41, 5.74) is 0.0897. The van der Waals surface area contributed by atoms with Crippen LogP contribution >= 0.6 is 15.9 Å². The van der Waals surface area contributed by atoms with E-state index in [0.717, 1.165) is 5.69 Å². The van der Waals surface area contributed by atoms with Gasteiger partial charge in [-0.05, 0) is 28.8 Å². The Balaban J connectivity index is 3.41. The molecule has 1 N–H and O–H groups in total. The van der Waals surface area contributed by atoms with Crippen LogP contribution in [0.4, 0.5) is 0 Å². The number of rotatable bonds is 3. The fraction of sp³-hybridized carbons (Fsp3) is 0.455. The van der Waals surface area contributed by atoms with Crippen molar-refractivity contribution in [2.75, 3.05) is 0 Å². The molecule has 0 fully saturated rings. The molecular weight excluding hydrogens is 274 g/mol. The third kappa shape index (κ3) is 2.52. The quantitative estimate of drug-likeness (QED) is 0.928. The first-order valence-electron chi connectivity index (χ1n) is 4.97. The smallest absolute Gasteiger partial charge is 0.341 e. The number of pyridine rings is 1. The lowest BCUT2D eigenvalue weighted by Gasteiger charge is -2.15. The summed E-state index contributed by atoms with van der Waals surface area (Å²) >= 11 is 3.14. The van der Waals surface area contributed by atoms with Crippen LogP contribution in [0.1, 0.15) is 29.9 Å². The van der Waals surface area contributed by atoms with Crippen molar-refractivity contribution in [2.45, 2.75) is 27.3 Å². The first-order valence-corrected chi connectivity index (χ1v) is 5.76. The number of hydrogen-bond acceptors (Lipinski definition) is 2. The largest absolute Gasteiger partial charge is 0.477 e. The SMILES string of the molecule is Cc1c(Br)c(=O)c(C(=O)O)cn1CC(C)C. The summed E-state index contributed by atoms with van der Waals surface area (Å²) in [5.74, 6) is -0.807. The Morgan fingerprint density at radius 3 is 2.56 bits per heavy atom. The minimum Gasteiger partial charge on any atom is -0.477 e. The molecule has 0 atom stereocenters. The van der Waals surface area contributed by atoms with E-state index in [0.29, 0.717) is 16.9 Å². The second-order valence-electron chi connectivity index (χ2n) is 4.12. The Labute approximate surface area is 102 Å². The topological polar surface area (TPSA) is 59.3 Å². The predicted octanol–water partition coefficient (Wildman–Crippen LogP) is 2.27. The average molecular weight is 288 g/mol. The molecule has 0 saturated carbocycles. The highest BCUT2D eigenvalue weighted by Crippen LogP contribution is 2.14. The number of carbonyl (C=O) groups is 1. The predicted molar refractivity (Wildman–Crippen MR) is 64.9 cm³/mol. The van der Waals surface area contributed by atoms with Gasteiger partial charge < -0.3 is 9.67 Å². The van der Waals surface area contributed by atoms with Crippen molar-refractivity contribution in [3.8, 4) is 0 Å². The van der Waals surface area contributed by atoms with Crippen LogP contribution in [0.15, 0.2) is 15.5 Å². The van der Waals surface area contributed by atoms with E-state index < -0.39 is 11.4 Å². The van der Waals surface area contributed by atoms with Crippen LogP contribution in [-0.2, 0) is 6.54 Å². The van der Waals surface area contributed by atoms with Gasteiger partial charge >= 0.3 is 5.97 Å². The van der Waals surface area contributed by atoms with Crippen molar-refractivity contribution in [1.29, 1.82) is 0 Å². The summed E-state index contributed by atoms with van der Waals surface area (Å²) in [6.07, 6.45) is 1.41. The molecule has 1 rings (SSSR count). The minimum absolute atomic E-state index is 0.196. The zero-order chi connectivity index (χ0) is 12.5. The van der Waals surface area contributed by atoms with Gasteiger partial charge in [0.1, 0.15) is 5.56 Å². The molecule has 88 valence electrons. The molecule has 0 spiro atoms. The van der Waals surface area contributed by atoms with E-state index in [2.05, 4.69) is 15.9 Å². The number of halogens is 1. The van der Waals surface area contributed by atoms with Crippen LogP contribution in [-0.4, -0.2) is 15.6 Å². The molecule has 0 saturated heterocycles. The van der Waals surface area contributed by atoms with Gasteiger partial charge in [-0.25, -0.2) is 4.79 Å². The second-order valence-corrected chi connectivity index (χ2v) is 4.92. The average Bonchev–Trinajstić information content (AvgIpc) is 2.18. The van der Waals surface area contributed by atoms with Crippen LogP contribution in [0.25, 0.3) is 0 Å². The number of carboxylic acid groups (broad SMARTS) is 1. The first-order chi connectivity index (χ1) is 7.34. The fourth-order valence-corrected chi connectivity index (χ4v) is 1.90. The van der Waals surface area contributed by atoms with E-state index in [-0.39, 0.29) is 5.56 Å². The molecule has 1 aromatic rings. The van der Waals surface area contributed by atoms with Crippen LogP contribution in [0, 0.1) is 12.8 Å². The lowest BCUT2D eigenvalue weighted by atomic mass is 10.2. The summed E-state index contributed by atoms with van der Waals surface area (Å²) in [7, 11) is 0. The van der Waals surface area contributed by atoms with Gasteiger partial charge in [0.05, 0.1) is 4.47 Å². The number of aromatic nitrogens is 1. The van der Waals surface area contributed by atoms with Crippen LogP contribution in [0.5, 0.6) is 0 Å². The molecule has 0 radical (unpaired) electrons. The maximum atomic E-state index is 11.6. The van der Waals surface area contributed by atoms with E-state index in [4.69, 9.17) is 5.11 Å². The molecule has 0 aliphatic rings. The van der Waals surface area contributed by atoms with Crippen molar-refractivity contribution in [1.82, 2.24) is 4.57 Å². The summed E-state index contributed by atoms with van der Waals surface area (Å²) in [6, 6.07) is 0. The number of carboxylic acids is 1. The summed E-state index contributed by atoms with van der Waals surface area (Å²) in [4.78, 5) is 22.5. The summed E-state index contributed by atoms with van der Waals surface area (Å²) < 4.78 is 2.12. The van der Waals surface area contributed by atoms with Gasteiger partial charge in [0.15, 0.2) is 0 Å². The highest BCUT2D eigenvalue weighted by Gasteiger charge is 2.15. The second kappa shape index (κ2) is 4.82. The number of aromatic carboxylic acids is 1. The first kappa shape index (κ1) is 13.0. The maximum absolute atomic E-state index is 11.6. The van der Waals surface area contributed by atoms with Crippen molar-refractivity contribution in [3.63, 3.8) is 0 Å². The van der Waals surface area contributed by atoms with Crippen molar-refractivity contribution < 1.29 is 9.90 Å². The van der Waals surface area contributed by atoms with Crippen LogP contribution in [0.3, 0.4) is 0 Å². The van der Waals surface area contributed by atoms with Crippen LogP contribution < -0.4 is 5.43 Å². The van der Waals surface area contributed by atoms with Crippen molar-refractivity contribution >= 4 is 21.9 Å². The van der Waals surface area contributed by atoms with Gasteiger partial charge in [-0.15, -0.1) is 0 Å². The summed E-state index contributed by atoms with van der Waals surface area (Å²) in [6.45, 7) is 6.54. The highest BCUT2D eigenvalue weighted by molar-refractivity contribution is 9.10. The van der Waals surface area contributed by atoms with Gasteiger partial charge in [-0.1, -0.05) is 13.8 Å². The van der Waals surface area contributed by atoms with Gasteiger partial charge in [-0.3, -0.25) is 4.79 Å². The zero-order valence-corrected chi connectivity index (χ0v) is 11.0. The molecular formula is C11H14BrNO3. The van der Waals surface area contributed by atoms with E-state index in [9.17, 15) is 9.59 Å². The van der Waals surface area contributed by atoms with Gasteiger partial charge in [0.2, 0.25) is 5.43 Å². The van der Waals surface area contributed by atoms with Gasteiger partial charge in [0, 0.05) is 18.4 Å². The minimum atomic E-state index is -1.19. The van der Waals surface area contributed by atoms with E-state index in [1.165, 1.54) is 6.20 Å². The third-order valence-electron chi connectivity index (χ3n) is 2.27. The van der Waals surface area contributed by atoms with Gasteiger partial charge in [-0.2, -0.15) is 0 Å². The zero-order valence-electron chi connectivity index (χ0n) is 9.45. The van der Waals surface area contributed by atoms with Crippen molar-refractivity contribution in [3.05, 3.63) is 32.2 Å². The molecule has 0 aliphatic heterocycles. The van der Waals surface area contributed by atoms with E-state index >= 15 is 0 Å². The maximum Gasteiger partial charge on any atom is 0.341 e. The number of hydrogen-bond donors (Lipinski definition) is 1. The third-order valence-corrected chi connectivity index (χ3v) is 3.20. The molecule has 16 heavy (non-hydrogen) atoms. The fourth-order valence-electron chi connectivity index (χ4n) is 1.46. The molecule has 0 aliphatic carbocycles. The molecule has 4 nitrogen and oxygen atoms in total. The Hall–Kier alpha value is -1.10. The van der Waals surface area contributed by atoms with E-state index in [1.807, 2.05) is 13.8 Å². The summed E-state index contributed by atoms with van der Waals surface area (Å²) in [5, 5.41) is 8.91. The standard InChI is InChI=1S/C11H14BrNO3/c1-6(2)4-13-5-8(11(15)16)10(14)9(12)7(13)3/h5-6H,4H2,1-3H3,(H,15,16). The molecule has 5 heteroatoms. The monoisotopic (exact) mass is 287 g/mol. The van der Waals surface area contributed by atoms with Gasteiger partial charge in [0.25, 0.3) is 0 Å². The van der Waals surface area contributed by atoms with E-state index in [1.54, 1.807) is 11.5 Å². The molecule has 0 unspecified atom stereocenters. The molecule has 0 aromatic carbocycles. The lowest BCUT2D eigenvalue weighted by molar-refractivity contribution is 0.0694. The lowest BCUT2D eigenvalue weighted by Crippen LogP contribution is -2.22. The molecule has 1 heterocycles. The van der Waals surface area contributed by atoms with Crippen LogP contribution in [0.2, 0.25) is 0 Å². The Kier molecular flexibility index (Phi) is 3.91. The Morgan fingerprint density at radius 2 is 2.12 bits per heavy atom. The number of nitrogens with zero attached hydrogens (tertiary/aromatic N) is 1. The Morgan fingerprint density at radius 1 is 1.56 bits per heavy atom. The van der Waals surface area contributed by atoms with Crippen molar-refractivity contribution in [2.24, 2.45) is 5.92 Å². The molecule has 0 amide bonds. The normalized spacial score (nSPS) is 10.8. The highest BCUT2D eigenvalue weighted by atomic mass is 79.9.